The summed E-state index contributed by atoms with van der Waals surface area (Å²) in [4.78, 5) is 33.0. The first-order valence-electron chi connectivity index (χ1n) is 11.9. The molecule has 4 N–H and O–H groups in total. The number of H-pyrrole nitrogens is 1. The predicted molar refractivity (Wildman–Crippen MR) is 143 cm³/mol. The zero-order valence-electron chi connectivity index (χ0n) is 20.6. The highest BCUT2D eigenvalue weighted by molar-refractivity contribution is 6.07. The second-order valence-corrected chi connectivity index (χ2v) is 8.78. The van der Waals surface area contributed by atoms with Crippen molar-refractivity contribution in [3.63, 3.8) is 0 Å². The van der Waals surface area contributed by atoms with Crippen LogP contribution in [0.15, 0.2) is 77.6 Å². The standard InChI is InChI=1S/C27H25N9O2/c1-35-23-12-11-19(26(37)36(20-5-3-2-4-6-20)14-13-24-31-33-34-32-24)16-21(23)30-22(27(35)38)15-17-7-9-18(10-8-17)25(28)29/h2-12,16H,13-15H2,1H3,(H3,28,29)(H,31,32,33,34). The molecular weight excluding hydrogens is 482 g/mol. The van der Waals surface area contributed by atoms with Crippen LogP contribution in [0.4, 0.5) is 5.69 Å². The van der Waals surface area contributed by atoms with Crippen molar-refractivity contribution < 1.29 is 4.79 Å². The Morgan fingerprint density at radius 2 is 1.79 bits per heavy atom. The van der Waals surface area contributed by atoms with Gasteiger partial charge in [-0.2, -0.15) is 5.21 Å². The Morgan fingerprint density at radius 3 is 2.47 bits per heavy atom. The number of carbonyl (C=O) groups excluding carboxylic acids is 1. The highest BCUT2D eigenvalue weighted by atomic mass is 16.2. The number of para-hydroxylation sites is 1. The minimum Gasteiger partial charge on any atom is -0.384 e. The van der Waals surface area contributed by atoms with E-state index in [4.69, 9.17) is 11.1 Å². The zero-order valence-corrected chi connectivity index (χ0v) is 20.6. The van der Waals surface area contributed by atoms with Crippen LogP contribution in [0.25, 0.3) is 11.0 Å². The molecule has 2 heterocycles. The molecule has 0 aliphatic heterocycles. The Kier molecular flexibility index (Phi) is 6.72. The molecular formula is C27H25N9O2. The van der Waals surface area contributed by atoms with E-state index in [1.165, 1.54) is 0 Å². The lowest BCUT2D eigenvalue weighted by Gasteiger charge is -2.22. The number of nitrogens with zero attached hydrogens (tertiary/aromatic N) is 6. The van der Waals surface area contributed by atoms with Crippen LogP contribution in [0, 0.1) is 5.41 Å². The van der Waals surface area contributed by atoms with Crippen LogP contribution in [0.1, 0.15) is 33.0 Å². The van der Waals surface area contributed by atoms with Crippen LogP contribution in [0.5, 0.6) is 0 Å². The van der Waals surface area contributed by atoms with Gasteiger partial charge in [0.05, 0.1) is 11.0 Å². The smallest absolute Gasteiger partial charge is 0.272 e. The van der Waals surface area contributed by atoms with Gasteiger partial charge in [-0.25, -0.2) is 4.98 Å². The minimum atomic E-state index is -0.210. The van der Waals surface area contributed by atoms with E-state index in [1.54, 1.807) is 46.8 Å². The lowest BCUT2D eigenvalue weighted by atomic mass is 10.1. The molecule has 0 fully saturated rings. The first-order chi connectivity index (χ1) is 18.4. The number of hydrogen-bond acceptors (Lipinski definition) is 7. The molecule has 190 valence electrons. The van der Waals surface area contributed by atoms with Gasteiger partial charge in [0.25, 0.3) is 11.5 Å². The van der Waals surface area contributed by atoms with Crippen molar-refractivity contribution in [2.24, 2.45) is 12.8 Å². The van der Waals surface area contributed by atoms with Gasteiger partial charge in [0, 0.05) is 43.2 Å². The maximum atomic E-state index is 13.7. The molecule has 0 bridgehead atoms. The van der Waals surface area contributed by atoms with E-state index in [9.17, 15) is 9.59 Å². The molecule has 0 aliphatic carbocycles. The molecule has 0 spiro atoms. The Bertz CT molecular complexity index is 1660. The van der Waals surface area contributed by atoms with E-state index in [0.717, 1.165) is 11.3 Å². The Labute approximate surface area is 217 Å². The number of aromatic amines is 1. The summed E-state index contributed by atoms with van der Waals surface area (Å²) in [5.74, 6) is 0.281. The summed E-state index contributed by atoms with van der Waals surface area (Å²) in [6.07, 6.45) is 0.726. The number of nitrogens with one attached hydrogen (secondary N) is 2. The van der Waals surface area contributed by atoms with Gasteiger partial charge >= 0.3 is 0 Å². The fourth-order valence-electron chi connectivity index (χ4n) is 4.25. The number of fused-ring (bicyclic) bond motifs is 1. The number of aromatic nitrogens is 6. The van der Waals surface area contributed by atoms with Crippen molar-refractivity contribution in [3.8, 4) is 0 Å². The lowest BCUT2D eigenvalue weighted by Crippen LogP contribution is -2.33. The van der Waals surface area contributed by atoms with Crippen LogP contribution in [-0.2, 0) is 19.9 Å². The average Bonchev–Trinajstić information content (AvgIpc) is 3.46. The highest BCUT2D eigenvalue weighted by Gasteiger charge is 2.20. The largest absolute Gasteiger partial charge is 0.384 e. The van der Waals surface area contributed by atoms with Gasteiger partial charge in [0.15, 0.2) is 5.82 Å². The number of carbonyl (C=O) groups is 1. The molecule has 3 aromatic carbocycles. The number of nitrogens with two attached hydrogens (primary N) is 1. The van der Waals surface area contributed by atoms with E-state index in [1.807, 2.05) is 42.5 Å². The molecule has 0 aliphatic rings. The second-order valence-electron chi connectivity index (χ2n) is 8.78. The van der Waals surface area contributed by atoms with Crippen LogP contribution >= 0.6 is 0 Å². The lowest BCUT2D eigenvalue weighted by molar-refractivity contribution is 0.0987. The van der Waals surface area contributed by atoms with Crippen LogP contribution < -0.4 is 16.2 Å². The number of anilines is 1. The topological polar surface area (TPSA) is 160 Å². The molecule has 1 amide bonds. The number of aryl methyl sites for hydroxylation is 1. The van der Waals surface area contributed by atoms with Crippen molar-refractivity contribution >= 4 is 28.5 Å². The molecule has 38 heavy (non-hydrogen) atoms. The summed E-state index contributed by atoms with van der Waals surface area (Å²) < 4.78 is 1.54. The third-order valence-corrected chi connectivity index (χ3v) is 6.29. The number of benzene rings is 3. The number of amides is 1. The van der Waals surface area contributed by atoms with Gasteiger partial charge in [-0.05, 0) is 35.9 Å². The maximum Gasteiger partial charge on any atom is 0.272 e. The van der Waals surface area contributed by atoms with Gasteiger partial charge in [0.2, 0.25) is 0 Å². The summed E-state index contributed by atoms with van der Waals surface area (Å²) in [5, 5.41) is 21.5. The SMILES string of the molecule is Cn1c(=O)c(Cc2ccc(C(=N)N)cc2)nc2cc(C(=O)N(CCc3nn[nH]n3)c3ccccc3)ccc21. The number of nitrogen functional groups attached to an aromatic ring is 1. The molecule has 11 nitrogen and oxygen atoms in total. The maximum absolute atomic E-state index is 13.7. The number of tetrazole rings is 1. The molecule has 0 unspecified atom stereocenters. The van der Waals surface area contributed by atoms with Crippen molar-refractivity contribution in [1.82, 2.24) is 30.2 Å². The third kappa shape index (κ3) is 5.03. The molecule has 0 radical (unpaired) electrons. The molecule has 0 saturated carbocycles. The normalized spacial score (nSPS) is 11.0. The summed E-state index contributed by atoms with van der Waals surface area (Å²) in [7, 11) is 1.69. The van der Waals surface area contributed by atoms with E-state index < -0.39 is 0 Å². The number of hydrogen-bond donors (Lipinski definition) is 3. The minimum absolute atomic E-state index is 0.0182. The molecule has 11 heteroatoms. The van der Waals surface area contributed by atoms with Gasteiger partial charge in [0.1, 0.15) is 11.5 Å². The van der Waals surface area contributed by atoms with Crippen molar-refractivity contribution in [1.29, 1.82) is 5.41 Å². The van der Waals surface area contributed by atoms with Crippen molar-refractivity contribution in [3.05, 3.63) is 111 Å². The molecule has 5 aromatic rings. The first kappa shape index (κ1) is 24.5. The van der Waals surface area contributed by atoms with Crippen molar-refractivity contribution in [2.75, 3.05) is 11.4 Å². The second kappa shape index (κ2) is 10.4. The van der Waals surface area contributed by atoms with Gasteiger partial charge in [-0.15, -0.1) is 10.2 Å². The van der Waals surface area contributed by atoms with E-state index in [-0.39, 0.29) is 17.3 Å². The van der Waals surface area contributed by atoms with Crippen LogP contribution in [0.2, 0.25) is 0 Å². The highest BCUT2D eigenvalue weighted by Crippen LogP contribution is 2.20. The quantitative estimate of drug-likeness (QED) is 0.214. The summed E-state index contributed by atoms with van der Waals surface area (Å²) in [5.41, 5.74) is 9.51. The number of amidine groups is 1. The molecule has 2 aromatic heterocycles. The average molecular weight is 508 g/mol. The van der Waals surface area contributed by atoms with E-state index >= 15 is 0 Å². The fraction of sp³-hybridized carbons (Fsp3) is 0.148. The molecule has 5 rings (SSSR count). The monoisotopic (exact) mass is 507 g/mol. The Morgan fingerprint density at radius 1 is 1.05 bits per heavy atom. The Balaban J connectivity index is 1.48. The first-order valence-corrected chi connectivity index (χ1v) is 11.9. The predicted octanol–water partition coefficient (Wildman–Crippen LogP) is 2.21. The van der Waals surface area contributed by atoms with Gasteiger partial charge < -0.3 is 15.2 Å². The Hall–Kier alpha value is -5.19. The van der Waals surface area contributed by atoms with E-state index in [2.05, 4.69) is 25.6 Å². The number of rotatable bonds is 8. The molecule has 0 atom stereocenters. The zero-order chi connectivity index (χ0) is 26.6. The van der Waals surface area contributed by atoms with E-state index in [0.29, 0.717) is 53.1 Å². The van der Waals surface area contributed by atoms with Crippen LogP contribution in [-0.4, -0.2) is 48.5 Å². The third-order valence-electron chi connectivity index (χ3n) is 6.29. The van der Waals surface area contributed by atoms with Gasteiger partial charge in [-0.1, -0.05) is 47.7 Å². The molecule has 0 saturated heterocycles. The van der Waals surface area contributed by atoms with Crippen LogP contribution in [0.3, 0.4) is 0 Å². The summed E-state index contributed by atoms with van der Waals surface area (Å²) in [6, 6.07) is 21.7. The fourth-order valence-corrected chi connectivity index (χ4v) is 4.25. The van der Waals surface area contributed by atoms with Crippen molar-refractivity contribution in [2.45, 2.75) is 12.8 Å². The summed E-state index contributed by atoms with van der Waals surface area (Å²) >= 11 is 0. The van der Waals surface area contributed by atoms with Gasteiger partial charge in [-0.3, -0.25) is 15.0 Å². The summed E-state index contributed by atoms with van der Waals surface area (Å²) in [6.45, 7) is 0.350.